The largest absolute Gasteiger partial charge is 0.494 e. The van der Waals surface area contributed by atoms with Crippen LogP contribution in [0.2, 0.25) is 0 Å². The number of halogens is 1. The van der Waals surface area contributed by atoms with Crippen LogP contribution in [-0.2, 0) is 12.8 Å². The molecule has 1 nitrogen and oxygen atoms in total. The molecule has 0 unspecified atom stereocenters. The number of benzene rings is 3. The Labute approximate surface area is 171 Å². The monoisotopic (exact) mass is 458 g/mol. The molecule has 0 radical (unpaired) electrons. The molecule has 0 amide bonds. The molecule has 0 spiro atoms. The summed E-state index contributed by atoms with van der Waals surface area (Å²) in [5, 5.41) is 0. The van der Waals surface area contributed by atoms with Gasteiger partial charge in [0, 0.05) is 3.57 Å². The van der Waals surface area contributed by atoms with Crippen molar-refractivity contribution in [2.45, 2.75) is 33.6 Å². The predicted molar refractivity (Wildman–Crippen MR) is 121 cm³/mol. The second-order valence-electron chi connectivity index (χ2n) is 5.91. The van der Waals surface area contributed by atoms with Gasteiger partial charge in [-0.3, -0.25) is 0 Å². The van der Waals surface area contributed by atoms with Gasteiger partial charge in [0.15, 0.2) is 0 Å². The lowest BCUT2D eigenvalue weighted by Gasteiger charge is -2.09. The summed E-state index contributed by atoms with van der Waals surface area (Å²) in [4.78, 5) is 0. The molecule has 0 aliphatic heterocycles. The average molecular weight is 458 g/mol. The van der Waals surface area contributed by atoms with E-state index >= 15 is 0 Å². The van der Waals surface area contributed by atoms with Crippen LogP contribution in [0.15, 0.2) is 72.8 Å². The van der Waals surface area contributed by atoms with Gasteiger partial charge in [-0.05, 0) is 82.8 Å². The van der Waals surface area contributed by atoms with Crippen molar-refractivity contribution in [1.29, 1.82) is 0 Å². The molecule has 136 valence electrons. The van der Waals surface area contributed by atoms with E-state index in [1.165, 1.54) is 25.8 Å². The molecule has 0 fully saturated rings. The van der Waals surface area contributed by atoms with Gasteiger partial charge in [-0.25, -0.2) is 0 Å². The molecule has 0 aromatic heterocycles. The van der Waals surface area contributed by atoms with Gasteiger partial charge < -0.3 is 4.74 Å². The van der Waals surface area contributed by atoms with E-state index in [0.29, 0.717) is 6.61 Å². The highest BCUT2D eigenvalue weighted by Crippen LogP contribution is 2.26. The van der Waals surface area contributed by atoms with Crippen molar-refractivity contribution in [3.05, 3.63) is 87.5 Å². The Morgan fingerprint density at radius 3 is 1.81 bits per heavy atom. The summed E-state index contributed by atoms with van der Waals surface area (Å²) in [7, 11) is 0. The molecule has 2 heteroatoms. The van der Waals surface area contributed by atoms with Crippen molar-refractivity contribution in [3.8, 4) is 16.9 Å². The Morgan fingerprint density at radius 2 is 1.27 bits per heavy atom. The van der Waals surface area contributed by atoms with E-state index in [1.807, 2.05) is 19.1 Å². The topological polar surface area (TPSA) is 9.23 Å². The van der Waals surface area contributed by atoms with E-state index in [2.05, 4.69) is 97.1 Å². The maximum absolute atomic E-state index is 5.45. The normalized spacial score (nSPS) is 10.0. The minimum absolute atomic E-state index is 0.713. The van der Waals surface area contributed by atoms with Crippen LogP contribution in [0, 0.1) is 3.57 Å². The van der Waals surface area contributed by atoms with Crippen molar-refractivity contribution < 1.29 is 4.74 Å². The number of aryl methyl sites for hydroxylation is 2. The highest BCUT2D eigenvalue weighted by Gasteiger charge is 2.02. The zero-order valence-corrected chi connectivity index (χ0v) is 18.0. The molecular weight excluding hydrogens is 431 g/mol. The van der Waals surface area contributed by atoms with Crippen LogP contribution in [0.5, 0.6) is 5.75 Å². The lowest BCUT2D eigenvalue weighted by Crippen LogP contribution is -1.91. The fraction of sp³-hybridized carbons (Fsp3) is 0.250. The number of ether oxygens (including phenoxy) is 1. The zero-order chi connectivity index (χ0) is 18.8. The van der Waals surface area contributed by atoms with Crippen LogP contribution in [0.3, 0.4) is 0 Å². The Morgan fingerprint density at radius 1 is 0.692 bits per heavy atom. The van der Waals surface area contributed by atoms with Crippen molar-refractivity contribution in [1.82, 2.24) is 0 Å². The van der Waals surface area contributed by atoms with E-state index in [-0.39, 0.29) is 0 Å². The maximum atomic E-state index is 5.45. The third kappa shape index (κ3) is 5.87. The molecule has 3 aromatic carbocycles. The minimum Gasteiger partial charge on any atom is -0.494 e. The first kappa shape index (κ1) is 20.5. The highest BCUT2D eigenvalue weighted by molar-refractivity contribution is 14.1. The van der Waals surface area contributed by atoms with E-state index in [4.69, 9.17) is 4.74 Å². The van der Waals surface area contributed by atoms with E-state index in [9.17, 15) is 0 Å². The van der Waals surface area contributed by atoms with Crippen molar-refractivity contribution in [2.75, 3.05) is 6.61 Å². The predicted octanol–water partition coefficient (Wildman–Crippen LogP) is 7.17. The second-order valence-corrected chi connectivity index (χ2v) is 7.08. The van der Waals surface area contributed by atoms with Crippen LogP contribution >= 0.6 is 22.6 Å². The number of rotatable bonds is 5. The first-order valence-corrected chi connectivity index (χ1v) is 10.3. The molecule has 3 aromatic rings. The summed E-state index contributed by atoms with van der Waals surface area (Å²) in [6.45, 7) is 7.08. The lowest BCUT2D eigenvalue weighted by atomic mass is 9.98. The van der Waals surface area contributed by atoms with Crippen molar-refractivity contribution in [3.63, 3.8) is 0 Å². The first-order valence-electron chi connectivity index (χ1n) is 9.24. The molecule has 3 rings (SSSR count). The second kappa shape index (κ2) is 11.0. The molecular formula is C24H27IO. The van der Waals surface area contributed by atoms with E-state index in [1.54, 1.807) is 0 Å². The molecule has 0 bridgehead atoms. The van der Waals surface area contributed by atoms with Crippen molar-refractivity contribution >= 4 is 22.6 Å². The quantitative estimate of drug-likeness (QED) is 0.369. The highest BCUT2D eigenvalue weighted by atomic mass is 127. The van der Waals surface area contributed by atoms with E-state index in [0.717, 1.165) is 18.6 Å². The summed E-state index contributed by atoms with van der Waals surface area (Å²) < 4.78 is 6.83. The average Bonchev–Trinajstić information content (AvgIpc) is 2.70. The van der Waals surface area contributed by atoms with Gasteiger partial charge in [0.25, 0.3) is 0 Å². The lowest BCUT2D eigenvalue weighted by molar-refractivity contribution is 0.340. The Kier molecular flexibility index (Phi) is 8.69. The fourth-order valence-electron chi connectivity index (χ4n) is 2.79. The van der Waals surface area contributed by atoms with E-state index < -0.39 is 0 Å². The molecule has 0 aliphatic rings. The summed E-state index contributed by atoms with van der Waals surface area (Å²) in [6, 6.07) is 25.3. The van der Waals surface area contributed by atoms with Crippen LogP contribution in [0.4, 0.5) is 0 Å². The SMILES string of the molecule is CCOc1ccc(-c2ccccc2CC)cc1.CCc1ccccc1I. The van der Waals surface area contributed by atoms with Gasteiger partial charge in [0.2, 0.25) is 0 Å². The van der Waals surface area contributed by atoms with Crippen LogP contribution in [0.1, 0.15) is 31.9 Å². The molecule has 0 heterocycles. The first-order chi connectivity index (χ1) is 12.7. The molecule has 0 N–H and O–H groups in total. The fourth-order valence-corrected chi connectivity index (χ4v) is 3.56. The molecule has 0 saturated heterocycles. The Hall–Kier alpha value is -1.81. The third-order valence-electron chi connectivity index (χ3n) is 4.21. The van der Waals surface area contributed by atoms with Gasteiger partial charge >= 0.3 is 0 Å². The molecule has 0 atom stereocenters. The maximum Gasteiger partial charge on any atom is 0.119 e. The third-order valence-corrected chi connectivity index (χ3v) is 5.27. The van der Waals surface area contributed by atoms with Gasteiger partial charge in [0.1, 0.15) is 5.75 Å². The Balaban J connectivity index is 0.000000228. The molecule has 0 aliphatic carbocycles. The molecule has 0 saturated carbocycles. The van der Waals surface area contributed by atoms with Crippen molar-refractivity contribution in [2.24, 2.45) is 0 Å². The van der Waals surface area contributed by atoms with Gasteiger partial charge in [0.05, 0.1) is 6.61 Å². The summed E-state index contributed by atoms with van der Waals surface area (Å²) >= 11 is 2.36. The van der Waals surface area contributed by atoms with Crippen LogP contribution in [0.25, 0.3) is 11.1 Å². The Bertz CT molecular complexity index is 793. The number of hydrogen-bond acceptors (Lipinski definition) is 1. The summed E-state index contributed by atoms with van der Waals surface area (Å²) in [6.07, 6.45) is 2.20. The number of hydrogen-bond donors (Lipinski definition) is 0. The standard InChI is InChI=1S/C16H18O.C8H9I/c1-3-13-7-5-6-8-16(13)14-9-11-15(12-10-14)17-4-2;1-2-7-5-3-4-6-8(7)9/h5-12H,3-4H2,1-2H3;3-6H,2H2,1H3. The molecule has 26 heavy (non-hydrogen) atoms. The van der Waals surface area contributed by atoms with Crippen LogP contribution in [-0.4, -0.2) is 6.61 Å². The van der Waals surface area contributed by atoms with Gasteiger partial charge in [-0.2, -0.15) is 0 Å². The summed E-state index contributed by atoms with van der Waals surface area (Å²) in [5.74, 6) is 0.935. The smallest absolute Gasteiger partial charge is 0.119 e. The zero-order valence-electron chi connectivity index (χ0n) is 15.8. The van der Waals surface area contributed by atoms with Crippen LogP contribution < -0.4 is 4.74 Å². The minimum atomic E-state index is 0.713. The van der Waals surface area contributed by atoms with Gasteiger partial charge in [-0.15, -0.1) is 0 Å². The summed E-state index contributed by atoms with van der Waals surface area (Å²) in [5.41, 5.74) is 5.40. The van der Waals surface area contributed by atoms with Gasteiger partial charge in [-0.1, -0.05) is 68.4 Å².